The molecule has 24 heavy (non-hydrogen) atoms. The third-order valence-corrected chi connectivity index (χ3v) is 3.75. The van der Waals surface area contributed by atoms with E-state index in [2.05, 4.69) is 10.3 Å². The van der Waals surface area contributed by atoms with Crippen molar-refractivity contribution in [2.24, 2.45) is 0 Å². The van der Waals surface area contributed by atoms with Crippen LogP contribution < -0.4 is 14.8 Å². The average Bonchev–Trinajstić information content (AvgIpc) is 2.96. The topological polar surface area (TPSA) is 60.5 Å². The summed E-state index contributed by atoms with van der Waals surface area (Å²) in [5.41, 5.74) is 2.53. The smallest absolute Gasteiger partial charge is 0.250 e. The highest BCUT2D eigenvalue weighted by atomic mass is 32.1. The molecular weight excluding hydrogens is 324 g/mol. The van der Waals surface area contributed by atoms with Crippen LogP contribution in [0.25, 0.3) is 11.3 Å². The molecule has 2 rings (SSSR count). The maximum Gasteiger partial charge on any atom is 0.250 e. The fourth-order valence-corrected chi connectivity index (χ4v) is 2.82. The predicted molar refractivity (Wildman–Crippen MR) is 97.9 cm³/mol. The van der Waals surface area contributed by atoms with Crippen LogP contribution in [0, 0.1) is 0 Å². The number of nitrogens with zero attached hydrogens (tertiary/aromatic N) is 1. The van der Waals surface area contributed by atoms with Crippen molar-refractivity contribution in [3.63, 3.8) is 0 Å². The standard InChI is InChI=1S/C18H22N2O3S/c1-5-22-13-7-8-16(23-6-2)14(10-13)15-11-24-18(19-15)20-17(21)9-12(3)4/h7-11H,5-6H2,1-4H3,(H,19,20,21). The van der Waals surface area contributed by atoms with Gasteiger partial charge in [0.15, 0.2) is 5.13 Å². The van der Waals surface area contributed by atoms with Gasteiger partial charge in [0, 0.05) is 17.0 Å². The number of allylic oxidation sites excluding steroid dienone is 1. The molecule has 0 radical (unpaired) electrons. The molecule has 0 aliphatic carbocycles. The average molecular weight is 346 g/mol. The monoisotopic (exact) mass is 346 g/mol. The summed E-state index contributed by atoms with van der Waals surface area (Å²) in [6.45, 7) is 8.78. The quantitative estimate of drug-likeness (QED) is 0.749. The summed E-state index contributed by atoms with van der Waals surface area (Å²) in [4.78, 5) is 16.3. The Bertz CT molecular complexity index is 734. The molecule has 0 unspecified atom stereocenters. The summed E-state index contributed by atoms with van der Waals surface area (Å²) in [6.07, 6.45) is 1.54. The van der Waals surface area contributed by atoms with Gasteiger partial charge in [-0.15, -0.1) is 11.3 Å². The summed E-state index contributed by atoms with van der Waals surface area (Å²) in [7, 11) is 0. The molecule has 1 aromatic carbocycles. The Balaban J connectivity index is 2.28. The number of hydrogen-bond donors (Lipinski definition) is 1. The van der Waals surface area contributed by atoms with Crippen LogP contribution in [0.4, 0.5) is 5.13 Å². The molecule has 0 saturated carbocycles. The number of ether oxygens (including phenoxy) is 2. The Labute approximate surface area is 146 Å². The highest BCUT2D eigenvalue weighted by Crippen LogP contribution is 2.35. The van der Waals surface area contributed by atoms with Crippen LogP contribution in [0.1, 0.15) is 27.7 Å². The third-order valence-electron chi connectivity index (χ3n) is 2.99. The molecule has 0 aliphatic heterocycles. The molecule has 128 valence electrons. The van der Waals surface area contributed by atoms with Gasteiger partial charge in [-0.1, -0.05) is 5.57 Å². The Morgan fingerprint density at radius 1 is 1.25 bits per heavy atom. The number of carbonyl (C=O) groups excluding carboxylic acids is 1. The summed E-state index contributed by atoms with van der Waals surface area (Å²) >= 11 is 1.38. The van der Waals surface area contributed by atoms with Gasteiger partial charge in [-0.2, -0.15) is 0 Å². The fraction of sp³-hybridized carbons (Fsp3) is 0.333. The minimum atomic E-state index is -0.177. The van der Waals surface area contributed by atoms with Gasteiger partial charge in [-0.3, -0.25) is 10.1 Å². The zero-order valence-corrected chi connectivity index (χ0v) is 15.2. The molecule has 0 aliphatic rings. The fourth-order valence-electron chi connectivity index (χ4n) is 2.11. The van der Waals surface area contributed by atoms with Crippen molar-refractivity contribution in [2.75, 3.05) is 18.5 Å². The van der Waals surface area contributed by atoms with Gasteiger partial charge in [0.1, 0.15) is 11.5 Å². The van der Waals surface area contributed by atoms with Crippen molar-refractivity contribution in [1.82, 2.24) is 4.98 Å². The number of anilines is 1. The van der Waals surface area contributed by atoms with E-state index in [1.807, 2.05) is 51.3 Å². The molecule has 1 N–H and O–H groups in total. The van der Waals surface area contributed by atoms with Gasteiger partial charge < -0.3 is 9.47 Å². The van der Waals surface area contributed by atoms with E-state index in [0.717, 1.165) is 28.3 Å². The zero-order chi connectivity index (χ0) is 17.5. The second kappa shape index (κ2) is 8.49. The Morgan fingerprint density at radius 2 is 2.00 bits per heavy atom. The molecule has 0 spiro atoms. The van der Waals surface area contributed by atoms with E-state index in [1.54, 1.807) is 6.08 Å². The van der Waals surface area contributed by atoms with E-state index in [9.17, 15) is 4.79 Å². The summed E-state index contributed by atoms with van der Waals surface area (Å²) < 4.78 is 11.2. The van der Waals surface area contributed by atoms with Crippen molar-refractivity contribution in [1.29, 1.82) is 0 Å². The lowest BCUT2D eigenvalue weighted by Crippen LogP contribution is -2.08. The van der Waals surface area contributed by atoms with E-state index in [4.69, 9.17) is 9.47 Å². The first-order valence-corrected chi connectivity index (χ1v) is 8.72. The van der Waals surface area contributed by atoms with E-state index in [0.29, 0.717) is 18.3 Å². The van der Waals surface area contributed by atoms with Crippen molar-refractivity contribution in [3.8, 4) is 22.8 Å². The number of amides is 1. The minimum absolute atomic E-state index is 0.177. The molecular formula is C18H22N2O3S. The van der Waals surface area contributed by atoms with Crippen LogP contribution >= 0.6 is 11.3 Å². The largest absolute Gasteiger partial charge is 0.494 e. The van der Waals surface area contributed by atoms with Gasteiger partial charge >= 0.3 is 0 Å². The zero-order valence-electron chi connectivity index (χ0n) is 14.4. The number of rotatable bonds is 7. The molecule has 1 aromatic heterocycles. The van der Waals surface area contributed by atoms with Crippen LogP contribution in [-0.4, -0.2) is 24.1 Å². The van der Waals surface area contributed by atoms with Gasteiger partial charge in [0.2, 0.25) is 5.91 Å². The summed E-state index contributed by atoms with van der Waals surface area (Å²) in [5.74, 6) is 1.33. The predicted octanol–water partition coefficient (Wildman–Crippen LogP) is 4.51. The van der Waals surface area contributed by atoms with Crippen molar-refractivity contribution >= 4 is 22.4 Å². The lowest BCUT2D eigenvalue weighted by molar-refractivity contribution is -0.111. The number of aromatic nitrogens is 1. The lowest BCUT2D eigenvalue weighted by atomic mass is 10.1. The van der Waals surface area contributed by atoms with Crippen LogP contribution in [0.5, 0.6) is 11.5 Å². The van der Waals surface area contributed by atoms with Crippen molar-refractivity contribution in [2.45, 2.75) is 27.7 Å². The van der Waals surface area contributed by atoms with Gasteiger partial charge in [-0.25, -0.2) is 4.98 Å². The van der Waals surface area contributed by atoms with Gasteiger partial charge in [0.05, 0.1) is 18.9 Å². The molecule has 5 nitrogen and oxygen atoms in total. The third kappa shape index (κ3) is 4.83. The molecule has 0 fully saturated rings. The first-order chi connectivity index (χ1) is 11.5. The van der Waals surface area contributed by atoms with Crippen LogP contribution in [-0.2, 0) is 4.79 Å². The number of hydrogen-bond acceptors (Lipinski definition) is 5. The minimum Gasteiger partial charge on any atom is -0.494 e. The van der Waals surface area contributed by atoms with Crippen LogP contribution in [0.3, 0.4) is 0 Å². The molecule has 0 bridgehead atoms. The molecule has 1 amide bonds. The summed E-state index contributed by atoms with van der Waals surface area (Å²) in [5, 5.41) is 5.22. The molecule has 0 atom stereocenters. The highest BCUT2D eigenvalue weighted by Gasteiger charge is 2.13. The Morgan fingerprint density at radius 3 is 2.67 bits per heavy atom. The number of thiazole rings is 1. The molecule has 2 aromatic rings. The van der Waals surface area contributed by atoms with Crippen LogP contribution in [0.15, 0.2) is 35.2 Å². The highest BCUT2D eigenvalue weighted by molar-refractivity contribution is 7.14. The number of nitrogens with one attached hydrogen (secondary N) is 1. The molecule has 6 heteroatoms. The molecule has 1 heterocycles. The first-order valence-electron chi connectivity index (χ1n) is 7.85. The normalized spacial score (nSPS) is 10.2. The maximum absolute atomic E-state index is 11.8. The van der Waals surface area contributed by atoms with E-state index in [1.165, 1.54) is 11.3 Å². The Kier molecular flexibility index (Phi) is 6.37. The first kappa shape index (κ1) is 18.0. The number of benzene rings is 1. The number of carbonyl (C=O) groups is 1. The Hall–Kier alpha value is -2.34. The second-order valence-electron chi connectivity index (χ2n) is 5.27. The van der Waals surface area contributed by atoms with Crippen molar-refractivity contribution in [3.05, 3.63) is 35.2 Å². The second-order valence-corrected chi connectivity index (χ2v) is 6.13. The van der Waals surface area contributed by atoms with Crippen molar-refractivity contribution < 1.29 is 14.3 Å². The SMILES string of the molecule is CCOc1ccc(OCC)c(-c2csc(NC(=O)C=C(C)C)n2)c1. The summed E-state index contributed by atoms with van der Waals surface area (Å²) in [6, 6.07) is 5.66. The van der Waals surface area contributed by atoms with E-state index >= 15 is 0 Å². The van der Waals surface area contributed by atoms with Crippen LogP contribution in [0.2, 0.25) is 0 Å². The van der Waals surface area contributed by atoms with Gasteiger partial charge in [0.25, 0.3) is 0 Å². The molecule has 0 saturated heterocycles. The maximum atomic E-state index is 11.8. The van der Waals surface area contributed by atoms with Gasteiger partial charge in [-0.05, 0) is 45.9 Å². The van der Waals surface area contributed by atoms with E-state index in [-0.39, 0.29) is 5.91 Å². The van der Waals surface area contributed by atoms with E-state index < -0.39 is 0 Å². The lowest BCUT2D eigenvalue weighted by Gasteiger charge is -2.11.